The number of rotatable bonds is 0. The van der Waals surface area contributed by atoms with Gasteiger partial charge in [0.2, 0.25) is 0 Å². The second-order valence-corrected chi connectivity index (χ2v) is 0. The van der Waals surface area contributed by atoms with Crippen molar-refractivity contribution in [2.45, 2.75) is 0 Å². The maximum atomic E-state index is 0. The Hall–Kier alpha value is 0.746. The molecule has 0 N–H and O–H groups in total. The minimum Gasteiger partial charge on any atom is -1.00 e. The van der Waals surface area contributed by atoms with Gasteiger partial charge in [-0.15, -0.1) is 0 Å². The standard InChI is InChI=1S/Co.4FH.Mn/h;4*1H;/q+2;;;;;+2/p-4. The van der Waals surface area contributed by atoms with Crippen molar-refractivity contribution in [2.24, 2.45) is 0 Å². The summed E-state index contributed by atoms with van der Waals surface area (Å²) in [5, 5.41) is 0. The fraction of sp³-hybridized carbons (Fsp3) is 0. The topological polar surface area (TPSA) is 0 Å². The van der Waals surface area contributed by atoms with Gasteiger partial charge in [-0.1, -0.05) is 0 Å². The number of halogens is 4. The summed E-state index contributed by atoms with van der Waals surface area (Å²) in [6.45, 7) is 0. The molecular formula is CoF4Mn. The zero-order valence-electron chi connectivity index (χ0n) is 2.22. The molecule has 0 aliphatic rings. The van der Waals surface area contributed by atoms with Crippen molar-refractivity contribution in [3.8, 4) is 0 Å². The van der Waals surface area contributed by atoms with E-state index in [1.807, 2.05) is 0 Å². The third-order valence-electron chi connectivity index (χ3n) is 0. The van der Waals surface area contributed by atoms with E-state index >= 15 is 0 Å². The Kier molecular flexibility index (Phi) is 15500. The van der Waals surface area contributed by atoms with Gasteiger partial charge in [0.25, 0.3) is 0 Å². The van der Waals surface area contributed by atoms with E-state index in [0.717, 1.165) is 0 Å². The van der Waals surface area contributed by atoms with Gasteiger partial charge in [-0.2, -0.15) is 0 Å². The summed E-state index contributed by atoms with van der Waals surface area (Å²) >= 11 is 0. The first-order valence-electron chi connectivity index (χ1n) is 0. The maximum absolute atomic E-state index is 0. The predicted molar refractivity (Wildman–Crippen MR) is 0 cm³/mol. The van der Waals surface area contributed by atoms with Crippen molar-refractivity contribution in [2.75, 3.05) is 0 Å². The van der Waals surface area contributed by atoms with Crippen molar-refractivity contribution in [3.05, 3.63) is 0 Å². The summed E-state index contributed by atoms with van der Waals surface area (Å²) in [4.78, 5) is 0. The monoisotopic (exact) mass is 190 g/mol. The van der Waals surface area contributed by atoms with Crippen LogP contribution in [0.3, 0.4) is 0 Å². The Labute approximate surface area is 53.2 Å². The van der Waals surface area contributed by atoms with Crippen LogP contribution in [0, 0.1) is 0 Å². The zero-order chi connectivity index (χ0) is 0. The Morgan fingerprint density at radius 1 is 0.500 bits per heavy atom. The first-order chi connectivity index (χ1) is 0. The van der Waals surface area contributed by atoms with Crippen LogP contribution >= 0.6 is 0 Å². The molecule has 0 saturated carbocycles. The smallest absolute Gasteiger partial charge is 1.00 e. The number of hydrogen-bond donors (Lipinski definition) is 0. The summed E-state index contributed by atoms with van der Waals surface area (Å²) in [6.07, 6.45) is 0. The molecule has 0 amide bonds. The van der Waals surface area contributed by atoms with Crippen LogP contribution in [0.25, 0.3) is 0 Å². The van der Waals surface area contributed by atoms with Crippen molar-refractivity contribution in [1.29, 1.82) is 0 Å². The molecule has 0 aromatic heterocycles. The Morgan fingerprint density at radius 3 is 0.500 bits per heavy atom. The summed E-state index contributed by atoms with van der Waals surface area (Å²) < 4.78 is 0. The van der Waals surface area contributed by atoms with Crippen LogP contribution in [0.5, 0.6) is 0 Å². The SMILES string of the molecule is [Co+2].[F-].[F-].[F-].[F-].[Mn+2]. The van der Waals surface area contributed by atoms with E-state index in [4.69, 9.17) is 0 Å². The molecule has 0 fully saturated rings. The van der Waals surface area contributed by atoms with Gasteiger partial charge in [0.1, 0.15) is 0 Å². The quantitative estimate of drug-likeness (QED) is 0.263. The van der Waals surface area contributed by atoms with Gasteiger partial charge in [-0.05, 0) is 0 Å². The summed E-state index contributed by atoms with van der Waals surface area (Å²) in [5.74, 6) is 0. The molecule has 0 aliphatic carbocycles. The summed E-state index contributed by atoms with van der Waals surface area (Å²) in [6, 6.07) is 0. The molecule has 2 radical (unpaired) electrons. The third kappa shape index (κ3) is 120. The molecule has 0 aromatic carbocycles. The molecule has 0 atom stereocenters. The molecule has 0 spiro atoms. The molecule has 0 bridgehead atoms. The molecule has 44 valence electrons. The van der Waals surface area contributed by atoms with Crippen LogP contribution in [0.4, 0.5) is 0 Å². The van der Waals surface area contributed by atoms with Crippen LogP contribution in [0.15, 0.2) is 0 Å². The van der Waals surface area contributed by atoms with Gasteiger partial charge in [0.05, 0.1) is 0 Å². The third-order valence-corrected chi connectivity index (χ3v) is 0. The van der Waals surface area contributed by atoms with Crippen molar-refractivity contribution in [3.63, 3.8) is 0 Å². The van der Waals surface area contributed by atoms with Crippen molar-refractivity contribution >= 4 is 0 Å². The van der Waals surface area contributed by atoms with Crippen LogP contribution in [0.2, 0.25) is 0 Å². The first kappa shape index (κ1) is 400. The van der Waals surface area contributed by atoms with Gasteiger partial charge in [0, 0.05) is 0 Å². The largest absolute Gasteiger partial charge is 2.00 e. The van der Waals surface area contributed by atoms with E-state index in [0.29, 0.717) is 0 Å². The fourth-order valence-electron chi connectivity index (χ4n) is 0. The summed E-state index contributed by atoms with van der Waals surface area (Å²) in [7, 11) is 0. The predicted octanol–water partition coefficient (Wildman–Crippen LogP) is -12.0. The molecular weight excluding hydrogens is 190 g/mol. The van der Waals surface area contributed by atoms with Crippen LogP contribution < -0.4 is 18.8 Å². The molecule has 0 rings (SSSR count). The minimum atomic E-state index is 0. The number of hydrogen-bond acceptors (Lipinski definition) is 0. The van der Waals surface area contributed by atoms with E-state index in [9.17, 15) is 0 Å². The van der Waals surface area contributed by atoms with Crippen LogP contribution in [-0.4, -0.2) is 0 Å². The molecule has 6 heteroatoms. The van der Waals surface area contributed by atoms with Gasteiger partial charge in [-0.25, -0.2) is 0 Å². The molecule has 0 aromatic rings. The van der Waals surface area contributed by atoms with Gasteiger partial charge in [-0.3, -0.25) is 0 Å². The Balaban J connectivity index is 0. The van der Waals surface area contributed by atoms with Crippen LogP contribution in [0.1, 0.15) is 0 Å². The van der Waals surface area contributed by atoms with E-state index in [1.54, 1.807) is 0 Å². The molecule has 0 unspecified atom stereocenters. The molecule has 6 heavy (non-hydrogen) atoms. The van der Waals surface area contributed by atoms with Gasteiger partial charge in [0.15, 0.2) is 0 Å². The van der Waals surface area contributed by atoms with Gasteiger partial charge >= 0.3 is 33.8 Å². The molecule has 0 heterocycles. The minimum absolute atomic E-state index is 0. The Bertz CT molecular complexity index is 7.51. The molecule has 0 aliphatic heterocycles. The second-order valence-electron chi connectivity index (χ2n) is 0. The fourth-order valence-corrected chi connectivity index (χ4v) is 0. The average molecular weight is 190 g/mol. The van der Waals surface area contributed by atoms with Crippen molar-refractivity contribution in [1.82, 2.24) is 0 Å². The summed E-state index contributed by atoms with van der Waals surface area (Å²) in [5.41, 5.74) is 0. The van der Waals surface area contributed by atoms with Crippen molar-refractivity contribution < 1.29 is 52.7 Å². The molecule has 0 nitrogen and oxygen atoms in total. The van der Waals surface area contributed by atoms with E-state index in [-0.39, 0.29) is 52.7 Å². The van der Waals surface area contributed by atoms with E-state index in [1.165, 1.54) is 0 Å². The van der Waals surface area contributed by atoms with E-state index in [2.05, 4.69) is 0 Å². The van der Waals surface area contributed by atoms with Crippen LogP contribution in [-0.2, 0) is 33.8 Å². The molecule has 0 saturated heterocycles. The normalized spacial score (nSPS) is 0. The zero-order valence-corrected chi connectivity index (χ0v) is 4.44. The maximum Gasteiger partial charge on any atom is 2.00 e. The van der Waals surface area contributed by atoms with Gasteiger partial charge < -0.3 is 18.8 Å². The van der Waals surface area contributed by atoms with E-state index < -0.39 is 0 Å². The second kappa shape index (κ2) is 233. The average Bonchev–Trinajstić information content (AvgIpc) is 0. The Morgan fingerprint density at radius 2 is 0.500 bits per heavy atom. The first-order valence-corrected chi connectivity index (χ1v) is 0.